The molecule has 4 N–H and O–H groups in total. The molecule has 4 aliphatic rings. The summed E-state index contributed by atoms with van der Waals surface area (Å²) in [4.78, 5) is 59.4. The van der Waals surface area contributed by atoms with Crippen LogP contribution < -0.4 is 20.4 Å². The number of benzene rings is 2. The van der Waals surface area contributed by atoms with Gasteiger partial charge < -0.3 is 40.3 Å². The van der Waals surface area contributed by atoms with Gasteiger partial charge in [0, 0.05) is 117 Å². The van der Waals surface area contributed by atoms with E-state index in [1.54, 1.807) is 26.1 Å². The quantitative estimate of drug-likeness (QED) is 0.104. The van der Waals surface area contributed by atoms with Crippen molar-refractivity contribution in [3.63, 3.8) is 0 Å². The van der Waals surface area contributed by atoms with Crippen molar-refractivity contribution in [2.45, 2.75) is 51.3 Å². The van der Waals surface area contributed by atoms with E-state index in [0.717, 1.165) is 87.6 Å². The van der Waals surface area contributed by atoms with E-state index in [1.165, 1.54) is 54.4 Å². The van der Waals surface area contributed by atoms with Crippen molar-refractivity contribution in [1.29, 1.82) is 0 Å². The summed E-state index contributed by atoms with van der Waals surface area (Å²) in [6, 6.07) is 20.6. The standard InChI is InChI=1S/C25H28N6O.C22H23ClN6O.C3H7BO2/c1-17-26-15-22(16-27-17)25(32)29-24-6-5-19(14-28-24)21-11-20(18-3-4-18)12-23(13-21)31-9-7-30(2)8-10-31;1-15-24-13-18(14-25-15)22(30)27-21-4-3-16(12-26-21)17-9-19(23)11-20(10-17)29-7-5-28(2)6-8-29;5-4(6)3-1-2-3/h5-6,11-16,18H,3-4,7-10H2,1-2H3,(H,28,29,32);3-4,9-14H,5-8H2,1-2H3,(H,26,27,30);3,5-6H,1-2H2. The van der Waals surface area contributed by atoms with Crippen LogP contribution in [-0.2, 0) is 0 Å². The van der Waals surface area contributed by atoms with Gasteiger partial charge in [0.1, 0.15) is 23.3 Å². The molecule has 18 heteroatoms. The van der Waals surface area contributed by atoms with Crippen LogP contribution in [0.25, 0.3) is 22.3 Å². The maximum absolute atomic E-state index is 12.4. The molecule has 0 atom stereocenters. The lowest BCUT2D eigenvalue weighted by Gasteiger charge is -2.34. The maximum Gasteiger partial charge on any atom is 0.454 e. The first-order valence-electron chi connectivity index (χ1n) is 23.1. The lowest BCUT2D eigenvalue weighted by Crippen LogP contribution is -2.44. The normalized spacial score (nSPS) is 16.2. The Balaban J connectivity index is 0.000000164. The zero-order chi connectivity index (χ0) is 47.7. The molecule has 2 saturated carbocycles. The summed E-state index contributed by atoms with van der Waals surface area (Å²) < 4.78 is 0. The van der Waals surface area contributed by atoms with E-state index < -0.39 is 7.12 Å². The number of amides is 2. The number of carbonyl (C=O) groups excluding carboxylic acids is 2. The van der Waals surface area contributed by atoms with Gasteiger partial charge in [0.2, 0.25) is 0 Å². The molecule has 2 aromatic carbocycles. The molecule has 16 nitrogen and oxygen atoms in total. The molecule has 0 unspecified atom stereocenters. The molecular weight excluding hydrogens is 879 g/mol. The van der Waals surface area contributed by atoms with Gasteiger partial charge >= 0.3 is 7.12 Å². The second-order valence-corrected chi connectivity index (χ2v) is 18.4. The molecule has 0 spiro atoms. The van der Waals surface area contributed by atoms with Crippen molar-refractivity contribution in [3.05, 3.63) is 131 Å². The Morgan fingerprint density at radius 3 is 1.38 bits per heavy atom. The first-order chi connectivity index (χ1) is 32.8. The molecule has 2 saturated heterocycles. The predicted molar refractivity (Wildman–Crippen MR) is 268 cm³/mol. The molecule has 68 heavy (non-hydrogen) atoms. The van der Waals surface area contributed by atoms with Crippen molar-refractivity contribution in [2.24, 2.45) is 0 Å². The number of likely N-dealkylation sites (N-methyl/N-ethyl adjacent to an activating group) is 2. The second kappa shape index (κ2) is 22.2. The Kier molecular flexibility index (Phi) is 15.7. The van der Waals surface area contributed by atoms with Gasteiger partial charge in [-0.1, -0.05) is 30.5 Å². The third kappa shape index (κ3) is 13.4. The Morgan fingerprint density at radius 2 is 1.00 bits per heavy atom. The number of aromatic nitrogens is 6. The van der Waals surface area contributed by atoms with Crippen LogP contribution in [0.2, 0.25) is 10.8 Å². The van der Waals surface area contributed by atoms with Gasteiger partial charge in [-0.2, -0.15) is 0 Å². The number of pyridine rings is 2. The van der Waals surface area contributed by atoms with Crippen molar-refractivity contribution in [1.82, 2.24) is 39.7 Å². The lowest BCUT2D eigenvalue weighted by molar-refractivity contribution is 0.101. The fourth-order valence-corrected chi connectivity index (χ4v) is 7.99. The highest BCUT2D eigenvalue weighted by molar-refractivity contribution is 6.44. The van der Waals surface area contributed by atoms with Crippen LogP contribution in [0.3, 0.4) is 0 Å². The van der Waals surface area contributed by atoms with Crippen LogP contribution in [-0.4, -0.2) is 135 Å². The predicted octanol–water partition coefficient (Wildman–Crippen LogP) is 6.86. The molecule has 352 valence electrons. The minimum absolute atomic E-state index is 0.213. The second-order valence-electron chi connectivity index (χ2n) is 17.9. The largest absolute Gasteiger partial charge is 0.454 e. The molecule has 6 heterocycles. The van der Waals surface area contributed by atoms with Gasteiger partial charge in [-0.15, -0.1) is 0 Å². The number of halogens is 1. The average molecular weight is 937 g/mol. The fourth-order valence-electron chi connectivity index (χ4n) is 7.76. The summed E-state index contributed by atoms with van der Waals surface area (Å²) in [5.41, 5.74) is 8.80. The third-order valence-corrected chi connectivity index (χ3v) is 12.6. The molecule has 4 aromatic heterocycles. The van der Waals surface area contributed by atoms with E-state index in [1.807, 2.05) is 36.5 Å². The van der Waals surface area contributed by atoms with E-state index >= 15 is 0 Å². The van der Waals surface area contributed by atoms with E-state index in [9.17, 15) is 9.59 Å². The number of piperazine rings is 2. The van der Waals surface area contributed by atoms with Gasteiger partial charge in [0.15, 0.2) is 0 Å². The van der Waals surface area contributed by atoms with E-state index in [4.69, 9.17) is 21.6 Å². The Morgan fingerprint density at radius 1 is 0.559 bits per heavy atom. The average Bonchev–Trinajstić information content (AvgIpc) is 4.28. The summed E-state index contributed by atoms with van der Waals surface area (Å²) >= 11 is 6.40. The molecule has 2 aliphatic carbocycles. The summed E-state index contributed by atoms with van der Waals surface area (Å²) in [5, 5.41) is 22.8. The van der Waals surface area contributed by atoms with Gasteiger partial charge in [-0.25, -0.2) is 29.9 Å². The minimum Gasteiger partial charge on any atom is -0.427 e. The molecule has 0 radical (unpaired) electrons. The first-order valence-corrected chi connectivity index (χ1v) is 23.5. The monoisotopic (exact) mass is 936 g/mol. The summed E-state index contributed by atoms with van der Waals surface area (Å²) in [6.45, 7) is 11.8. The summed E-state index contributed by atoms with van der Waals surface area (Å²) in [5.74, 6) is 2.56. The smallest absolute Gasteiger partial charge is 0.427 e. The van der Waals surface area contributed by atoms with Gasteiger partial charge in [-0.3, -0.25) is 9.59 Å². The number of anilines is 4. The molecule has 10 rings (SSSR count). The Hall–Kier alpha value is -6.37. The Labute approximate surface area is 403 Å². The number of nitrogens with zero attached hydrogens (tertiary/aromatic N) is 10. The van der Waals surface area contributed by atoms with Crippen molar-refractivity contribution >= 4 is 53.5 Å². The maximum atomic E-state index is 12.4. The van der Waals surface area contributed by atoms with Crippen LogP contribution in [0, 0.1) is 13.8 Å². The van der Waals surface area contributed by atoms with Gasteiger partial charge in [-0.05, 0) is 124 Å². The zero-order valence-corrected chi connectivity index (χ0v) is 39.8. The number of hydrogen-bond acceptors (Lipinski definition) is 14. The van der Waals surface area contributed by atoms with E-state index in [2.05, 4.69) is 98.5 Å². The number of aryl methyl sites for hydroxylation is 2. The van der Waals surface area contributed by atoms with Crippen molar-refractivity contribution < 1.29 is 19.6 Å². The highest BCUT2D eigenvalue weighted by atomic mass is 35.5. The molecule has 6 aromatic rings. The SMILES string of the molecule is Cc1ncc(C(=O)Nc2ccc(-c3cc(C4CC4)cc(N4CCN(C)CC4)c3)cn2)cn1.Cc1ncc(C(=O)Nc2ccc(-c3cc(Cl)cc(N4CCN(C)CC4)c3)cn2)cn1.OB(O)C1CC1. The number of carbonyl (C=O) groups is 2. The number of hydrogen-bond donors (Lipinski definition) is 4. The molecule has 0 bridgehead atoms. The summed E-state index contributed by atoms with van der Waals surface area (Å²) in [6.07, 6.45) is 14.2. The molecular formula is C50H58BClN12O4. The van der Waals surface area contributed by atoms with Gasteiger partial charge in [0.05, 0.1) is 11.1 Å². The van der Waals surface area contributed by atoms with Crippen LogP contribution in [0.15, 0.2) is 97.8 Å². The van der Waals surface area contributed by atoms with E-state index in [0.29, 0.717) is 45.4 Å². The van der Waals surface area contributed by atoms with Crippen LogP contribution in [0.1, 0.15) is 69.5 Å². The van der Waals surface area contributed by atoms with Crippen LogP contribution >= 0.6 is 11.6 Å². The molecule has 2 amide bonds. The third-order valence-electron chi connectivity index (χ3n) is 12.4. The molecule has 2 aliphatic heterocycles. The van der Waals surface area contributed by atoms with Crippen LogP contribution in [0.4, 0.5) is 23.0 Å². The lowest BCUT2D eigenvalue weighted by atomic mass is 9.84. The number of rotatable bonds is 10. The van der Waals surface area contributed by atoms with E-state index in [-0.39, 0.29) is 17.6 Å². The van der Waals surface area contributed by atoms with Gasteiger partial charge in [0.25, 0.3) is 11.8 Å². The Bertz CT molecular complexity index is 2640. The molecule has 4 fully saturated rings. The van der Waals surface area contributed by atoms with Crippen molar-refractivity contribution in [3.8, 4) is 22.3 Å². The summed E-state index contributed by atoms with van der Waals surface area (Å²) in [7, 11) is 3.28. The number of nitrogens with one attached hydrogen (secondary N) is 2. The fraction of sp³-hybridized carbons (Fsp3) is 0.360. The highest BCUT2D eigenvalue weighted by Crippen LogP contribution is 2.43. The highest BCUT2D eigenvalue weighted by Gasteiger charge is 2.33. The minimum atomic E-state index is -1.04. The van der Waals surface area contributed by atoms with Crippen LogP contribution in [0.5, 0.6) is 0 Å². The van der Waals surface area contributed by atoms with Crippen molar-refractivity contribution in [2.75, 3.05) is 86.9 Å². The zero-order valence-electron chi connectivity index (χ0n) is 39.0. The topological polar surface area (TPSA) is 189 Å². The first kappa shape index (κ1) is 48.1.